The largest absolute Gasteiger partial charge is 0.459 e. The first-order chi connectivity index (χ1) is 53.9. The fourth-order valence-corrected chi connectivity index (χ4v) is 29.5. The summed E-state index contributed by atoms with van der Waals surface area (Å²) in [5.74, 6) is 5.13. The van der Waals surface area contributed by atoms with Gasteiger partial charge >= 0.3 is 47.8 Å². The summed E-state index contributed by atoms with van der Waals surface area (Å²) in [6.45, 7) is 36.4. The van der Waals surface area contributed by atoms with Gasteiger partial charge in [-0.15, -0.1) is 0 Å². The van der Waals surface area contributed by atoms with Crippen LogP contribution in [-0.2, 0) is 105 Å². The first-order valence-electron chi connectivity index (χ1n) is 43.9. The molecule has 0 amide bonds. The van der Waals surface area contributed by atoms with Crippen molar-refractivity contribution in [3.63, 3.8) is 0 Å². The Morgan fingerprint density at radius 2 is 0.707 bits per heavy atom. The number of fused-ring (bicyclic) bond motifs is 2. The third-order valence-electron chi connectivity index (χ3n) is 32.1. The van der Waals surface area contributed by atoms with Crippen LogP contribution in [0, 0.1) is 111 Å². The molecule has 22 aliphatic rings. The van der Waals surface area contributed by atoms with E-state index in [-0.39, 0.29) is 75.3 Å². The average Bonchev–Trinajstić information content (AvgIpc) is 1.53. The van der Waals surface area contributed by atoms with Gasteiger partial charge < -0.3 is 48.1 Å². The van der Waals surface area contributed by atoms with Crippen LogP contribution in [0.5, 0.6) is 0 Å². The molecule has 14 unspecified atom stereocenters. The van der Waals surface area contributed by atoms with Crippen molar-refractivity contribution in [2.75, 3.05) is 13.2 Å². The zero-order valence-electron chi connectivity index (χ0n) is 71.4. The van der Waals surface area contributed by atoms with Gasteiger partial charge in [0.25, 0.3) is 20.2 Å². The molecule has 0 radical (unpaired) electrons. The molecule has 0 aromatic heterocycles. The molecule has 20 aliphatic carbocycles. The monoisotopic (exact) mass is 1660 g/mol. The summed E-state index contributed by atoms with van der Waals surface area (Å²) in [5.41, 5.74) is -2.48. The van der Waals surface area contributed by atoms with Crippen LogP contribution in [0.25, 0.3) is 0 Å². The lowest BCUT2D eigenvalue weighted by molar-refractivity contribution is -0.225. The van der Waals surface area contributed by atoms with Crippen LogP contribution in [0.3, 0.4) is 0 Å². The molecule has 14 atom stereocenters. The summed E-state index contributed by atoms with van der Waals surface area (Å²) in [7, 11) is -7.05. The second-order valence-corrected chi connectivity index (χ2v) is 45.9. The van der Waals surface area contributed by atoms with Crippen LogP contribution < -0.4 is 0 Å². The Bertz CT molecular complexity index is 4010. The molecule has 2 heterocycles. The first-order valence-corrected chi connectivity index (χ1v) is 46.8. The maximum Gasteiger partial charge on any atom is 0.344 e. The molecule has 20 bridgehead atoms. The van der Waals surface area contributed by atoms with Crippen LogP contribution in [0.1, 0.15) is 283 Å². The highest BCUT2D eigenvalue weighted by molar-refractivity contribution is 7.88. The maximum absolute atomic E-state index is 12.5. The van der Waals surface area contributed by atoms with Crippen molar-refractivity contribution in [1.82, 2.24) is 0 Å². The van der Waals surface area contributed by atoms with Crippen molar-refractivity contribution in [3.8, 4) is 0 Å². The Morgan fingerprint density at radius 3 is 1.05 bits per heavy atom. The standard InChI is InChI=1S/C17H28O2.C16H26O3.C15H22O7S.C15H22O2.C14H20O3.C13H16O7S/c1-5-16(2,3)15(18)19-17(4)13-7-11-6-12(9-13)10-14(17)8-11;1-4-14(2,3)13(17)19-16-8-11-5-12(9-16)7-15(18,6-11)10-16;1-4-15(2,3)14(17)20-7-11(16)21-12-8-5-9-10(6-8)23(18,19)22-13(9)12;1-9(2)14(16)17-15(3)12-5-10-4-11(7-12)8-13(15)6-10;1-9(2)12(15)17-14-6-10-3-11(7-14)5-13(16,4-10)8-14;1-6(2)13(15)18-5-10(14)19-11-7-3-8-9(4-7)21(16,17)20-12(8)11/h11-14H,5-10H2,1-4H3;11-12,18H,4-10H2,1-3H3;8-10,12-13H,4-7H2,1-3H3;10-13H,1,4-8H2,2-3H3;10-11,16H,1,3-8H2,2H3;7-9,11-12H,1,3-5H2,2H3. The molecule has 2 N–H and O–H groups in total. The van der Waals surface area contributed by atoms with Gasteiger partial charge in [0.1, 0.15) is 46.8 Å². The van der Waals surface area contributed by atoms with E-state index in [0.717, 1.165) is 87.9 Å². The number of esters is 8. The van der Waals surface area contributed by atoms with Gasteiger partial charge in [0.05, 0.1) is 37.9 Å². The summed E-state index contributed by atoms with van der Waals surface area (Å²) in [4.78, 5) is 95.1. The van der Waals surface area contributed by atoms with Crippen LogP contribution >= 0.6 is 0 Å². The van der Waals surface area contributed by atoms with Gasteiger partial charge in [-0.25, -0.2) is 24.0 Å². The Labute approximate surface area is 688 Å². The molecule has 0 aromatic carbocycles. The lowest BCUT2D eigenvalue weighted by Crippen LogP contribution is -2.61. The predicted octanol–water partition coefficient (Wildman–Crippen LogP) is 13.9. The van der Waals surface area contributed by atoms with Gasteiger partial charge in [-0.05, 0) is 321 Å². The van der Waals surface area contributed by atoms with Gasteiger partial charge in [-0.1, -0.05) is 40.5 Å². The fraction of sp³-hybridized carbons (Fsp3) is 0.844. The Morgan fingerprint density at radius 1 is 0.397 bits per heavy atom. The first kappa shape index (κ1) is 88.5. The summed E-state index contributed by atoms with van der Waals surface area (Å²) in [5, 5.41) is 20.3. The van der Waals surface area contributed by atoms with E-state index in [0.29, 0.717) is 103 Å². The number of carbonyl (C=O) groups is 8. The normalized spacial score (nSPS) is 42.6. The minimum Gasteiger partial charge on any atom is -0.459 e. The van der Waals surface area contributed by atoms with E-state index >= 15 is 0 Å². The summed E-state index contributed by atoms with van der Waals surface area (Å²) in [6.07, 6.45) is 26.6. The van der Waals surface area contributed by atoms with Crippen LogP contribution in [0.15, 0.2) is 36.5 Å². The van der Waals surface area contributed by atoms with E-state index in [1.54, 1.807) is 27.7 Å². The molecular weight excluding hydrogens is 1530 g/mol. The molecule has 0 spiro atoms. The van der Waals surface area contributed by atoms with Crippen molar-refractivity contribution < 1.29 is 112 Å². The molecule has 22 fully saturated rings. The topological polar surface area (TPSA) is 338 Å². The molecule has 20 saturated carbocycles. The van der Waals surface area contributed by atoms with Crippen molar-refractivity contribution in [1.29, 1.82) is 0 Å². The molecule has 24 nitrogen and oxygen atoms in total. The second-order valence-electron chi connectivity index (χ2n) is 42.4. The van der Waals surface area contributed by atoms with Crippen LogP contribution in [-0.4, -0.2) is 157 Å². The number of ether oxygens (including phenoxy) is 8. The smallest absolute Gasteiger partial charge is 0.344 e. The minimum atomic E-state index is -3.53. The van der Waals surface area contributed by atoms with E-state index in [1.165, 1.54) is 84.0 Å². The molecule has 22 rings (SSSR count). The average molecular weight is 1660 g/mol. The third kappa shape index (κ3) is 17.9. The molecule has 116 heavy (non-hydrogen) atoms. The van der Waals surface area contributed by atoms with Gasteiger partial charge in [0.2, 0.25) is 0 Å². The van der Waals surface area contributed by atoms with Crippen molar-refractivity contribution >= 4 is 68.0 Å². The quantitative estimate of drug-likeness (QED) is 0.0525. The SMILES string of the molecule is C=C(C)C(=O)OC1(C)C2CC3CC(C2)CC1C3.C=C(C)C(=O)OC12CC3CC(CC(O)(C3)C1)C2.C=C(C)C(=O)OCC(=O)OC1C2CC3C1OS(=O)(=O)C3C2.CCC(C)(C)C(=O)OC1(C)C2CC3CC(C2)CC1C3.CCC(C)(C)C(=O)OC12CC3CC(CC(O)(C3)C1)C2.CCC(C)(C)C(=O)OCC(=O)OC1C2CC3C1OS(=O)(=O)C3C2. The number of carbonyl (C=O) groups excluding carboxylic acids is 8. The molecule has 2 aliphatic heterocycles. The highest BCUT2D eigenvalue weighted by Gasteiger charge is 2.68. The van der Waals surface area contributed by atoms with Crippen LogP contribution in [0.4, 0.5) is 0 Å². The predicted molar refractivity (Wildman–Crippen MR) is 426 cm³/mol. The fourth-order valence-electron chi connectivity index (χ4n) is 25.8. The zero-order chi connectivity index (χ0) is 84.5. The van der Waals surface area contributed by atoms with Gasteiger partial charge in [-0.3, -0.25) is 22.7 Å². The van der Waals surface area contributed by atoms with Crippen molar-refractivity contribution in [3.05, 3.63) is 36.5 Å². The highest BCUT2D eigenvalue weighted by atomic mass is 32.2. The highest BCUT2D eigenvalue weighted by Crippen LogP contribution is 2.65. The summed E-state index contributed by atoms with van der Waals surface area (Å²) < 4.78 is 101. The number of aliphatic hydroxyl groups is 2. The Balaban J connectivity index is 0.000000121. The molecule has 26 heteroatoms. The number of hydrogen-bond acceptors (Lipinski definition) is 24. The van der Waals surface area contributed by atoms with E-state index in [9.17, 15) is 65.4 Å². The van der Waals surface area contributed by atoms with Gasteiger partial charge in [0, 0.05) is 53.2 Å². The maximum atomic E-state index is 12.5. The Hall–Kier alpha value is -5.28. The minimum absolute atomic E-state index is 0.00284. The lowest BCUT2D eigenvalue weighted by Gasteiger charge is -2.59. The van der Waals surface area contributed by atoms with Crippen molar-refractivity contribution in [2.24, 2.45) is 111 Å². The molecule has 2 saturated heterocycles. The van der Waals surface area contributed by atoms with Gasteiger partial charge in [-0.2, -0.15) is 16.8 Å². The zero-order valence-corrected chi connectivity index (χ0v) is 73.1. The molecular formula is C90H134O24S2. The summed E-state index contributed by atoms with van der Waals surface area (Å²) in [6, 6.07) is 0. The van der Waals surface area contributed by atoms with E-state index in [2.05, 4.69) is 40.5 Å². The van der Waals surface area contributed by atoms with Crippen LogP contribution in [0.2, 0.25) is 0 Å². The van der Waals surface area contributed by atoms with E-state index in [1.807, 2.05) is 41.5 Å². The molecule has 650 valence electrons. The van der Waals surface area contributed by atoms with Gasteiger partial charge in [0.15, 0.2) is 13.2 Å². The summed E-state index contributed by atoms with van der Waals surface area (Å²) >= 11 is 0. The number of hydrogen-bond donors (Lipinski definition) is 2. The lowest BCUT2D eigenvalue weighted by atomic mass is 9.50. The Kier molecular flexibility index (Phi) is 24.6. The van der Waals surface area contributed by atoms with E-state index < -0.39 is 120 Å². The van der Waals surface area contributed by atoms with Crippen molar-refractivity contribution in [2.45, 2.75) is 352 Å². The van der Waals surface area contributed by atoms with E-state index in [4.69, 9.17) is 46.3 Å². The number of rotatable bonds is 19. The molecule has 0 aromatic rings. The second kappa shape index (κ2) is 32.2. The third-order valence-corrected chi connectivity index (χ3v) is 35.6.